The topological polar surface area (TPSA) is 33.1 Å². The van der Waals surface area contributed by atoms with Crippen molar-refractivity contribution in [1.29, 1.82) is 0 Å². The fourth-order valence-corrected chi connectivity index (χ4v) is 2.25. The summed E-state index contributed by atoms with van der Waals surface area (Å²) < 4.78 is 27.2. The second-order valence-corrected chi connectivity index (χ2v) is 4.84. The number of thiazole rings is 1. The smallest absolute Gasteiger partial charge is 0.146 e. The maximum absolute atomic E-state index is 13.6. The number of hydrogen-bond donors (Lipinski definition) is 1. The Morgan fingerprint density at radius 1 is 1.38 bits per heavy atom. The van der Waals surface area contributed by atoms with Gasteiger partial charge in [0.1, 0.15) is 17.7 Å². The number of nitrogens with zero attached hydrogens (tertiary/aromatic N) is 1. The summed E-state index contributed by atoms with van der Waals surface area (Å²) in [5.41, 5.74) is 1.13. The Hall–Kier alpha value is -0.850. The summed E-state index contributed by atoms with van der Waals surface area (Å²) in [5.74, 6) is -1.57. The van der Waals surface area contributed by atoms with Crippen LogP contribution in [0, 0.1) is 11.6 Å². The van der Waals surface area contributed by atoms with Crippen LogP contribution in [0.4, 0.5) is 8.78 Å². The van der Waals surface area contributed by atoms with E-state index in [1.54, 1.807) is 0 Å². The molecule has 0 saturated carbocycles. The van der Waals surface area contributed by atoms with Gasteiger partial charge in [0.15, 0.2) is 0 Å². The Labute approximate surface area is 103 Å². The second kappa shape index (κ2) is 4.57. The van der Waals surface area contributed by atoms with Crippen molar-refractivity contribution in [2.45, 2.75) is 6.10 Å². The fraction of sp³-hybridized carbons (Fsp3) is 0.100. The number of aliphatic hydroxyl groups is 1. The highest BCUT2D eigenvalue weighted by Gasteiger charge is 2.22. The van der Waals surface area contributed by atoms with Crippen LogP contribution in [0.25, 0.3) is 0 Å². The molecule has 0 saturated heterocycles. The first-order chi connectivity index (χ1) is 7.61. The van der Waals surface area contributed by atoms with Crippen molar-refractivity contribution in [3.63, 3.8) is 0 Å². The van der Waals surface area contributed by atoms with Gasteiger partial charge in [-0.2, -0.15) is 0 Å². The van der Waals surface area contributed by atoms with Crippen LogP contribution in [0.15, 0.2) is 28.3 Å². The third-order valence-corrected chi connectivity index (χ3v) is 3.51. The number of halogens is 3. The molecule has 0 spiro atoms. The molecule has 1 aromatic carbocycles. The summed E-state index contributed by atoms with van der Waals surface area (Å²) in [5, 5.41) is 9.84. The molecule has 1 heterocycles. The molecule has 0 aliphatic rings. The molecule has 1 unspecified atom stereocenters. The molecular formula is C10H6BrF2NOS. The predicted molar refractivity (Wildman–Crippen MR) is 60.2 cm³/mol. The van der Waals surface area contributed by atoms with Crippen molar-refractivity contribution >= 4 is 27.3 Å². The summed E-state index contributed by atoms with van der Waals surface area (Å²) in [6.45, 7) is 0. The highest BCUT2D eigenvalue weighted by Crippen LogP contribution is 2.31. The van der Waals surface area contributed by atoms with E-state index in [0.29, 0.717) is 4.88 Å². The van der Waals surface area contributed by atoms with E-state index in [4.69, 9.17) is 0 Å². The molecule has 6 heteroatoms. The van der Waals surface area contributed by atoms with Crippen molar-refractivity contribution < 1.29 is 13.9 Å². The van der Waals surface area contributed by atoms with Gasteiger partial charge < -0.3 is 5.11 Å². The standard InChI is InChI=1S/C10H6BrF2NOS/c11-5-1-2-6(12)8(9(5)13)10(15)7-3-14-4-16-7/h1-4,10,15H. The zero-order valence-corrected chi connectivity index (χ0v) is 10.2. The van der Waals surface area contributed by atoms with Crippen molar-refractivity contribution in [3.05, 3.63) is 50.4 Å². The molecule has 0 aliphatic heterocycles. The van der Waals surface area contributed by atoms with E-state index in [-0.39, 0.29) is 10.0 Å². The van der Waals surface area contributed by atoms with E-state index in [0.717, 1.165) is 17.4 Å². The van der Waals surface area contributed by atoms with Crippen LogP contribution < -0.4 is 0 Å². The molecule has 1 atom stereocenters. The third kappa shape index (κ3) is 2.00. The van der Waals surface area contributed by atoms with Crippen LogP contribution in [0.2, 0.25) is 0 Å². The molecular weight excluding hydrogens is 300 g/mol. The average Bonchev–Trinajstić information content (AvgIpc) is 2.77. The zero-order valence-electron chi connectivity index (χ0n) is 7.82. The number of hydrogen-bond acceptors (Lipinski definition) is 3. The Bertz CT molecular complexity index is 504. The monoisotopic (exact) mass is 305 g/mol. The number of benzene rings is 1. The number of aromatic nitrogens is 1. The van der Waals surface area contributed by atoms with Gasteiger partial charge in [0.05, 0.1) is 20.4 Å². The van der Waals surface area contributed by atoms with Gasteiger partial charge in [0.25, 0.3) is 0 Å². The van der Waals surface area contributed by atoms with Gasteiger partial charge in [-0.15, -0.1) is 11.3 Å². The van der Waals surface area contributed by atoms with Gasteiger partial charge >= 0.3 is 0 Å². The minimum Gasteiger partial charge on any atom is -0.383 e. The summed E-state index contributed by atoms with van der Waals surface area (Å²) in [6, 6.07) is 2.36. The maximum atomic E-state index is 13.6. The molecule has 1 aromatic heterocycles. The van der Waals surface area contributed by atoms with Crippen LogP contribution in [0.1, 0.15) is 16.5 Å². The van der Waals surface area contributed by atoms with Crippen LogP contribution in [-0.4, -0.2) is 10.1 Å². The van der Waals surface area contributed by atoms with Crippen LogP contribution in [0.3, 0.4) is 0 Å². The first kappa shape index (κ1) is 11.6. The van der Waals surface area contributed by atoms with Crippen molar-refractivity contribution in [2.75, 3.05) is 0 Å². The molecule has 0 fully saturated rings. The van der Waals surface area contributed by atoms with Crippen molar-refractivity contribution in [2.24, 2.45) is 0 Å². The minimum atomic E-state index is -1.33. The SMILES string of the molecule is OC(c1cncs1)c1c(F)ccc(Br)c1F. The van der Waals surface area contributed by atoms with Gasteiger partial charge in [0.2, 0.25) is 0 Å². The Balaban J connectivity index is 2.52. The van der Waals surface area contributed by atoms with Crippen molar-refractivity contribution in [3.8, 4) is 0 Å². The van der Waals surface area contributed by atoms with E-state index in [1.807, 2.05) is 0 Å². The lowest BCUT2D eigenvalue weighted by Crippen LogP contribution is -2.04. The molecule has 0 bridgehead atoms. The van der Waals surface area contributed by atoms with Crippen LogP contribution in [-0.2, 0) is 0 Å². The molecule has 16 heavy (non-hydrogen) atoms. The fourth-order valence-electron chi connectivity index (χ4n) is 1.30. The van der Waals surface area contributed by atoms with E-state index in [1.165, 1.54) is 17.8 Å². The van der Waals surface area contributed by atoms with Gasteiger partial charge in [0, 0.05) is 6.20 Å². The summed E-state index contributed by atoms with van der Waals surface area (Å²) in [4.78, 5) is 4.15. The predicted octanol–water partition coefficient (Wildman–Crippen LogP) is 3.27. The van der Waals surface area contributed by atoms with E-state index in [9.17, 15) is 13.9 Å². The van der Waals surface area contributed by atoms with Crippen LogP contribution >= 0.6 is 27.3 Å². The normalized spacial score (nSPS) is 12.8. The third-order valence-electron chi connectivity index (χ3n) is 2.07. The average molecular weight is 306 g/mol. The first-order valence-electron chi connectivity index (χ1n) is 4.31. The Morgan fingerprint density at radius 2 is 2.12 bits per heavy atom. The maximum Gasteiger partial charge on any atom is 0.146 e. The summed E-state index contributed by atoms with van der Waals surface area (Å²) in [6.07, 6.45) is 0.0553. The van der Waals surface area contributed by atoms with E-state index in [2.05, 4.69) is 20.9 Å². The first-order valence-corrected chi connectivity index (χ1v) is 5.98. The summed E-state index contributed by atoms with van der Waals surface area (Å²) >= 11 is 4.09. The highest BCUT2D eigenvalue weighted by molar-refractivity contribution is 9.10. The molecule has 2 nitrogen and oxygen atoms in total. The largest absolute Gasteiger partial charge is 0.383 e. The highest BCUT2D eigenvalue weighted by atomic mass is 79.9. The lowest BCUT2D eigenvalue weighted by atomic mass is 10.1. The molecule has 84 valence electrons. The second-order valence-electron chi connectivity index (χ2n) is 3.06. The Morgan fingerprint density at radius 3 is 2.75 bits per heavy atom. The van der Waals surface area contributed by atoms with E-state index < -0.39 is 17.7 Å². The van der Waals surface area contributed by atoms with Crippen LogP contribution in [0.5, 0.6) is 0 Å². The molecule has 2 aromatic rings. The molecule has 0 amide bonds. The minimum absolute atomic E-state index is 0.118. The zero-order chi connectivity index (χ0) is 11.7. The van der Waals surface area contributed by atoms with E-state index >= 15 is 0 Å². The lowest BCUT2D eigenvalue weighted by Gasteiger charge is -2.11. The Kier molecular flexibility index (Phi) is 3.32. The molecule has 2 rings (SSSR count). The quantitative estimate of drug-likeness (QED) is 0.864. The van der Waals surface area contributed by atoms with Gasteiger partial charge in [-0.3, -0.25) is 4.98 Å². The van der Waals surface area contributed by atoms with Gasteiger partial charge in [-0.25, -0.2) is 8.78 Å². The molecule has 0 radical (unpaired) electrons. The van der Waals surface area contributed by atoms with Gasteiger partial charge in [-0.1, -0.05) is 0 Å². The number of aliphatic hydroxyl groups excluding tert-OH is 1. The lowest BCUT2D eigenvalue weighted by molar-refractivity contribution is 0.212. The molecule has 0 aliphatic carbocycles. The van der Waals surface area contributed by atoms with Crippen molar-refractivity contribution in [1.82, 2.24) is 4.98 Å². The molecule has 1 N–H and O–H groups in total. The summed E-state index contributed by atoms with van der Waals surface area (Å²) in [7, 11) is 0. The van der Waals surface area contributed by atoms with Gasteiger partial charge in [-0.05, 0) is 28.1 Å². The number of rotatable bonds is 2.